The zero-order valence-electron chi connectivity index (χ0n) is 12.3. The molecule has 21 heavy (non-hydrogen) atoms. The van der Waals surface area contributed by atoms with Crippen LogP contribution in [0.3, 0.4) is 0 Å². The van der Waals surface area contributed by atoms with Crippen molar-refractivity contribution in [3.63, 3.8) is 0 Å². The summed E-state index contributed by atoms with van der Waals surface area (Å²) < 4.78 is 1.75. The van der Waals surface area contributed by atoms with E-state index in [1.807, 2.05) is 33.2 Å². The van der Waals surface area contributed by atoms with Gasteiger partial charge in [-0.2, -0.15) is 5.10 Å². The van der Waals surface area contributed by atoms with E-state index in [2.05, 4.69) is 10.00 Å². The van der Waals surface area contributed by atoms with E-state index < -0.39 is 6.10 Å². The Morgan fingerprint density at radius 1 is 1.33 bits per heavy atom. The highest BCUT2D eigenvalue weighted by Gasteiger charge is 2.21. The summed E-state index contributed by atoms with van der Waals surface area (Å²) in [4.78, 5) is 2.05. The molecule has 1 atom stereocenters. The van der Waals surface area contributed by atoms with Crippen molar-refractivity contribution in [1.29, 1.82) is 0 Å². The number of aliphatic hydroxyl groups is 1. The molecule has 0 aliphatic heterocycles. The lowest BCUT2D eigenvalue weighted by Gasteiger charge is -2.18. The lowest BCUT2D eigenvalue weighted by atomic mass is 10.0. The first-order valence-electron chi connectivity index (χ1n) is 6.70. The SMILES string of the molecule is Cc1cc(Cl)ccc1C(O)c1c(Cl)cnn1CCN(C)C. The standard InChI is InChI=1S/C15H19Cl2N3O/c1-10-8-11(16)4-5-12(10)15(21)14-13(17)9-18-20(14)7-6-19(2)3/h4-5,8-9,15,21H,6-7H2,1-3H3. The largest absolute Gasteiger partial charge is 0.382 e. The van der Waals surface area contributed by atoms with E-state index in [0.29, 0.717) is 22.3 Å². The van der Waals surface area contributed by atoms with Crippen molar-refractivity contribution in [2.24, 2.45) is 0 Å². The molecule has 4 nitrogen and oxygen atoms in total. The summed E-state index contributed by atoms with van der Waals surface area (Å²) in [6.45, 7) is 3.40. The monoisotopic (exact) mass is 327 g/mol. The molecule has 0 spiro atoms. The van der Waals surface area contributed by atoms with Crippen molar-refractivity contribution >= 4 is 23.2 Å². The molecule has 2 aromatic rings. The van der Waals surface area contributed by atoms with Gasteiger partial charge in [-0.15, -0.1) is 0 Å². The minimum atomic E-state index is -0.820. The van der Waals surface area contributed by atoms with E-state index in [4.69, 9.17) is 23.2 Å². The van der Waals surface area contributed by atoms with E-state index in [0.717, 1.165) is 17.7 Å². The number of halogens is 2. The minimum Gasteiger partial charge on any atom is -0.382 e. The molecule has 0 radical (unpaired) electrons. The van der Waals surface area contributed by atoms with Crippen LogP contribution >= 0.6 is 23.2 Å². The normalized spacial score (nSPS) is 12.9. The van der Waals surface area contributed by atoms with E-state index in [9.17, 15) is 5.11 Å². The van der Waals surface area contributed by atoms with Gasteiger partial charge < -0.3 is 10.0 Å². The Morgan fingerprint density at radius 2 is 2.05 bits per heavy atom. The predicted octanol–water partition coefficient (Wildman–Crippen LogP) is 3.14. The fraction of sp³-hybridized carbons (Fsp3) is 0.400. The molecule has 0 saturated heterocycles. The molecule has 1 heterocycles. The van der Waals surface area contributed by atoms with Crippen LogP contribution in [0.1, 0.15) is 22.9 Å². The Hall–Kier alpha value is -1.07. The third-order valence-electron chi connectivity index (χ3n) is 3.38. The van der Waals surface area contributed by atoms with Crippen LogP contribution in [0.4, 0.5) is 0 Å². The van der Waals surface area contributed by atoms with Gasteiger partial charge in [0, 0.05) is 11.6 Å². The highest BCUT2D eigenvalue weighted by atomic mass is 35.5. The van der Waals surface area contributed by atoms with Gasteiger partial charge in [-0.05, 0) is 44.3 Å². The van der Waals surface area contributed by atoms with Crippen LogP contribution in [0, 0.1) is 6.92 Å². The fourth-order valence-corrected chi connectivity index (χ4v) is 2.68. The molecule has 114 valence electrons. The minimum absolute atomic E-state index is 0.468. The van der Waals surface area contributed by atoms with Gasteiger partial charge in [0.1, 0.15) is 6.10 Å². The van der Waals surface area contributed by atoms with Gasteiger partial charge in [-0.3, -0.25) is 4.68 Å². The maximum atomic E-state index is 10.7. The second-order valence-electron chi connectivity index (χ2n) is 5.31. The molecule has 0 aliphatic rings. The number of aliphatic hydroxyl groups excluding tert-OH is 1. The van der Waals surface area contributed by atoms with E-state index in [1.165, 1.54) is 0 Å². The van der Waals surface area contributed by atoms with Gasteiger partial charge in [0.25, 0.3) is 0 Å². The number of nitrogens with zero attached hydrogens (tertiary/aromatic N) is 3. The molecule has 0 bridgehead atoms. The van der Waals surface area contributed by atoms with Crippen molar-refractivity contribution in [3.8, 4) is 0 Å². The summed E-state index contributed by atoms with van der Waals surface area (Å²) in [6, 6.07) is 5.41. The molecule has 0 fully saturated rings. The number of hydrogen-bond acceptors (Lipinski definition) is 3. The Kier molecular flexibility index (Phi) is 5.27. The Bertz CT molecular complexity index is 625. The van der Waals surface area contributed by atoms with E-state index in [1.54, 1.807) is 16.9 Å². The molecule has 1 aromatic carbocycles. The number of aromatic nitrogens is 2. The molecule has 6 heteroatoms. The van der Waals surface area contributed by atoms with Crippen LogP contribution < -0.4 is 0 Å². The number of likely N-dealkylation sites (N-methyl/N-ethyl adjacent to an activating group) is 1. The van der Waals surface area contributed by atoms with Crippen molar-refractivity contribution < 1.29 is 5.11 Å². The summed E-state index contributed by atoms with van der Waals surface area (Å²) >= 11 is 12.2. The van der Waals surface area contributed by atoms with Crippen molar-refractivity contribution in [3.05, 3.63) is 51.3 Å². The van der Waals surface area contributed by atoms with Gasteiger partial charge in [0.05, 0.1) is 23.5 Å². The molecule has 1 N–H and O–H groups in total. The topological polar surface area (TPSA) is 41.3 Å². The number of benzene rings is 1. The summed E-state index contributed by atoms with van der Waals surface area (Å²) in [5.41, 5.74) is 2.32. The van der Waals surface area contributed by atoms with Crippen LogP contribution in [0.15, 0.2) is 24.4 Å². The summed E-state index contributed by atoms with van der Waals surface area (Å²) in [7, 11) is 3.98. The van der Waals surface area contributed by atoms with Gasteiger partial charge in [0.2, 0.25) is 0 Å². The highest BCUT2D eigenvalue weighted by molar-refractivity contribution is 6.31. The highest BCUT2D eigenvalue weighted by Crippen LogP contribution is 2.31. The lowest BCUT2D eigenvalue weighted by Crippen LogP contribution is -2.21. The average molecular weight is 328 g/mol. The zero-order chi connectivity index (χ0) is 15.6. The van der Waals surface area contributed by atoms with E-state index in [-0.39, 0.29) is 0 Å². The molecule has 1 aromatic heterocycles. The number of hydrogen-bond donors (Lipinski definition) is 1. The van der Waals surface area contributed by atoms with Gasteiger partial charge in [-0.25, -0.2) is 0 Å². The Labute approximate surface area is 134 Å². The lowest BCUT2D eigenvalue weighted by molar-refractivity contribution is 0.205. The second kappa shape index (κ2) is 6.79. The smallest absolute Gasteiger partial charge is 0.122 e. The first kappa shape index (κ1) is 16.3. The molecular formula is C15H19Cl2N3O. The molecule has 1 unspecified atom stereocenters. The summed E-state index contributed by atoms with van der Waals surface area (Å²) in [6.07, 6.45) is 0.750. The van der Waals surface area contributed by atoms with Gasteiger partial charge in [-0.1, -0.05) is 29.3 Å². The van der Waals surface area contributed by atoms with Crippen molar-refractivity contribution in [1.82, 2.24) is 14.7 Å². The molecule has 0 aliphatic carbocycles. The van der Waals surface area contributed by atoms with Crippen LogP contribution in [0.2, 0.25) is 10.0 Å². The first-order valence-corrected chi connectivity index (χ1v) is 7.45. The van der Waals surface area contributed by atoms with Gasteiger partial charge in [0.15, 0.2) is 0 Å². The Balaban J connectivity index is 2.34. The van der Waals surface area contributed by atoms with E-state index >= 15 is 0 Å². The third kappa shape index (κ3) is 3.77. The fourth-order valence-electron chi connectivity index (χ4n) is 2.21. The number of rotatable bonds is 5. The maximum absolute atomic E-state index is 10.7. The van der Waals surface area contributed by atoms with Crippen molar-refractivity contribution in [2.45, 2.75) is 19.6 Å². The Morgan fingerprint density at radius 3 is 2.67 bits per heavy atom. The summed E-state index contributed by atoms with van der Waals surface area (Å²) in [5.74, 6) is 0. The molecular weight excluding hydrogens is 309 g/mol. The van der Waals surface area contributed by atoms with Crippen LogP contribution in [-0.4, -0.2) is 40.4 Å². The summed E-state index contributed by atoms with van der Waals surface area (Å²) in [5, 5.41) is 16.0. The molecule has 0 amide bonds. The number of aryl methyl sites for hydroxylation is 1. The molecule has 0 saturated carbocycles. The zero-order valence-corrected chi connectivity index (χ0v) is 13.9. The quantitative estimate of drug-likeness (QED) is 0.917. The van der Waals surface area contributed by atoms with Crippen LogP contribution in [0.25, 0.3) is 0 Å². The first-order chi connectivity index (χ1) is 9.90. The van der Waals surface area contributed by atoms with Crippen LogP contribution in [0.5, 0.6) is 0 Å². The van der Waals surface area contributed by atoms with Crippen molar-refractivity contribution in [2.75, 3.05) is 20.6 Å². The third-order valence-corrected chi connectivity index (χ3v) is 3.90. The second-order valence-corrected chi connectivity index (χ2v) is 6.15. The molecule has 2 rings (SSSR count). The predicted molar refractivity (Wildman–Crippen MR) is 86.0 cm³/mol. The average Bonchev–Trinajstić information content (AvgIpc) is 2.77. The maximum Gasteiger partial charge on any atom is 0.122 e. The van der Waals surface area contributed by atoms with Crippen LogP contribution in [-0.2, 0) is 6.54 Å². The van der Waals surface area contributed by atoms with Gasteiger partial charge >= 0.3 is 0 Å².